The van der Waals surface area contributed by atoms with Crippen LogP contribution in [0.4, 0.5) is 0 Å². The van der Waals surface area contributed by atoms with E-state index in [0.29, 0.717) is 5.02 Å². The van der Waals surface area contributed by atoms with Crippen LogP contribution in [0, 0.1) is 5.41 Å². The van der Waals surface area contributed by atoms with Gasteiger partial charge in [-0.1, -0.05) is 78.3 Å². The summed E-state index contributed by atoms with van der Waals surface area (Å²) in [6.07, 6.45) is 11.2. The van der Waals surface area contributed by atoms with Crippen LogP contribution in [0.5, 0.6) is 0 Å². The fourth-order valence-electron chi connectivity index (χ4n) is 6.55. The summed E-state index contributed by atoms with van der Waals surface area (Å²) in [6, 6.07) is 27.2. The Morgan fingerprint density at radius 2 is 1.91 bits per heavy atom. The molecule has 0 radical (unpaired) electrons. The molecule has 246 valence electrons. The van der Waals surface area contributed by atoms with Crippen molar-refractivity contribution in [1.29, 1.82) is 0 Å². The molecular formula is C40H44ClNO4S. The van der Waals surface area contributed by atoms with E-state index < -0.39 is 11.6 Å². The second-order valence-electron chi connectivity index (χ2n) is 13.6. The zero-order chi connectivity index (χ0) is 32.9. The monoisotopic (exact) mass is 669 g/mol. The molecule has 5 nitrogen and oxygen atoms in total. The molecule has 0 spiro atoms. The van der Waals surface area contributed by atoms with E-state index in [-0.39, 0.29) is 23.4 Å². The van der Waals surface area contributed by atoms with Crippen molar-refractivity contribution in [3.63, 3.8) is 0 Å². The average molecular weight is 670 g/mol. The molecule has 2 unspecified atom stereocenters. The minimum absolute atomic E-state index is 0.0787. The summed E-state index contributed by atoms with van der Waals surface area (Å²) in [4.78, 5) is 16.4. The minimum Gasteiger partial charge on any atom is -0.481 e. The first-order chi connectivity index (χ1) is 22.7. The number of hydrogen-bond acceptors (Lipinski definition) is 5. The van der Waals surface area contributed by atoms with Crippen LogP contribution >= 0.6 is 23.4 Å². The van der Waals surface area contributed by atoms with Gasteiger partial charge in [0, 0.05) is 28.0 Å². The number of thioether (sulfide) groups is 1. The minimum atomic E-state index is -0.700. The van der Waals surface area contributed by atoms with Gasteiger partial charge in [0.2, 0.25) is 0 Å². The molecule has 3 aromatic carbocycles. The SMILES string of the molecule is CC(C)(OC1CCCCO1)c1ccccc1CCC(SCC1(CC(=O)O)CC1)c1cccc(/C=C/c2ccc3ccc(Cl)cc3n2)c1. The van der Waals surface area contributed by atoms with E-state index in [0.717, 1.165) is 79.5 Å². The molecule has 0 amide bonds. The number of carboxylic acids is 1. The lowest BCUT2D eigenvalue weighted by atomic mass is 9.89. The maximum Gasteiger partial charge on any atom is 0.303 e. The third-order valence-corrected chi connectivity index (χ3v) is 11.3. The van der Waals surface area contributed by atoms with Crippen LogP contribution in [0.1, 0.15) is 92.0 Å². The molecule has 6 rings (SSSR count). The number of halogens is 1. The van der Waals surface area contributed by atoms with Gasteiger partial charge in [-0.25, -0.2) is 4.98 Å². The second-order valence-corrected chi connectivity index (χ2v) is 15.2. The van der Waals surface area contributed by atoms with Crippen molar-refractivity contribution in [2.75, 3.05) is 12.4 Å². The summed E-state index contributed by atoms with van der Waals surface area (Å²) in [5.74, 6) is 0.150. The van der Waals surface area contributed by atoms with Crippen LogP contribution in [-0.4, -0.2) is 34.7 Å². The van der Waals surface area contributed by atoms with Gasteiger partial charge in [0.05, 0.1) is 23.2 Å². The summed E-state index contributed by atoms with van der Waals surface area (Å²) >= 11 is 8.12. The number of aryl methyl sites for hydroxylation is 1. The molecule has 1 aromatic heterocycles. The van der Waals surface area contributed by atoms with Crippen LogP contribution in [0.2, 0.25) is 5.02 Å². The van der Waals surface area contributed by atoms with Crippen molar-refractivity contribution in [2.45, 2.75) is 82.4 Å². The first-order valence-corrected chi connectivity index (χ1v) is 18.2. The number of carboxylic acid groups (broad SMARTS) is 1. The molecule has 1 aliphatic heterocycles. The molecule has 2 aliphatic rings. The molecule has 7 heteroatoms. The van der Waals surface area contributed by atoms with Gasteiger partial charge in [-0.3, -0.25) is 4.79 Å². The molecule has 0 bridgehead atoms. The van der Waals surface area contributed by atoms with Gasteiger partial charge < -0.3 is 14.6 Å². The van der Waals surface area contributed by atoms with E-state index >= 15 is 0 Å². The predicted molar refractivity (Wildman–Crippen MR) is 194 cm³/mol. The Labute approximate surface area is 287 Å². The van der Waals surface area contributed by atoms with E-state index in [2.05, 4.69) is 74.5 Å². The molecule has 2 atom stereocenters. The highest BCUT2D eigenvalue weighted by Gasteiger charge is 2.44. The lowest BCUT2D eigenvalue weighted by Crippen LogP contribution is -2.33. The van der Waals surface area contributed by atoms with E-state index in [1.807, 2.05) is 42.1 Å². The maximum absolute atomic E-state index is 11.6. The number of hydrogen-bond donors (Lipinski definition) is 1. The Kier molecular flexibility index (Phi) is 10.7. The van der Waals surface area contributed by atoms with Crippen LogP contribution in [0.15, 0.2) is 78.9 Å². The summed E-state index contributed by atoms with van der Waals surface area (Å²) in [6.45, 7) is 5.05. The Bertz CT molecular complexity index is 1730. The summed E-state index contributed by atoms with van der Waals surface area (Å²) < 4.78 is 12.5. The Hall–Kier alpha value is -3.16. The van der Waals surface area contributed by atoms with Gasteiger partial charge in [-0.15, -0.1) is 0 Å². The number of carbonyl (C=O) groups is 1. The van der Waals surface area contributed by atoms with Gasteiger partial charge in [0.15, 0.2) is 6.29 Å². The lowest BCUT2D eigenvalue weighted by molar-refractivity contribution is -0.219. The van der Waals surface area contributed by atoms with E-state index in [1.54, 1.807) is 0 Å². The number of nitrogens with zero attached hydrogens (tertiary/aromatic N) is 1. The van der Waals surface area contributed by atoms with Crippen LogP contribution in [-0.2, 0) is 26.3 Å². The summed E-state index contributed by atoms with van der Waals surface area (Å²) in [7, 11) is 0. The largest absolute Gasteiger partial charge is 0.481 e. The van der Waals surface area contributed by atoms with Gasteiger partial charge in [0.25, 0.3) is 0 Å². The highest BCUT2D eigenvalue weighted by Crippen LogP contribution is 2.53. The van der Waals surface area contributed by atoms with Crippen molar-refractivity contribution in [3.8, 4) is 0 Å². The molecule has 2 heterocycles. The summed E-state index contributed by atoms with van der Waals surface area (Å²) in [5.41, 5.74) is 6.03. The maximum atomic E-state index is 11.6. The lowest BCUT2D eigenvalue weighted by Gasteiger charge is -2.34. The molecule has 4 aromatic rings. The Morgan fingerprint density at radius 1 is 1.09 bits per heavy atom. The Morgan fingerprint density at radius 3 is 2.70 bits per heavy atom. The molecule has 1 saturated heterocycles. The standard InChI is InChI=1S/C40H44ClNO4S/c1-39(2,46-38-12-5-6-23-45-38)34-11-4-3-9-29(34)16-20-36(47-27-40(21-22-40)26-37(43)44)31-10-7-8-28(24-31)13-18-33-19-15-30-14-17-32(41)25-35(30)42-33/h3-4,7-11,13-15,17-19,24-25,36,38H,5-6,12,16,20-23,26-27H2,1-2H3,(H,43,44)/b18-13+. The average Bonchev–Trinajstić information content (AvgIpc) is 3.82. The zero-order valence-electron chi connectivity index (χ0n) is 27.3. The topological polar surface area (TPSA) is 68.7 Å². The molecule has 1 aliphatic carbocycles. The Balaban J connectivity index is 1.21. The summed E-state index contributed by atoms with van der Waals surface area (Å²) in [5, 5.41) is 11.5. The fourth-order valence-corrected chi connectivity index (χ4v) is 8.28. The van der Waals surface area contributed by atoms with E-state index in [9.17, 15) is 9.90 Å². The number of pyridine rings is 1. The van der Waals surface area contributed by atoms with E-state index in [4.69, 9.17) is 26.1 Å². The van der Waals surface area contributed by atoms with Crippen molar-refractivity contribution in [1.82, 2.24) is 4.98 Å². The van der Waals surface area contributed by atoms with Gasteiger partial charge in [-0.2, -0.15) is 11.8 Å². The number of fused-ring (bicyclic) bond motifs is 1. The number of benzene rings is 3. The first kappa shape index (κ1) is 33.7. The number of rotatable bonds is 14. The van der Waals surface area contributed by atoms with Gasteiger partial charge in [0.1, 0.15) is 0 Å². The molecular weight excluding hydrogens is 626 g/mol. The third kappa shape index (κ3) is 9.05. The van der Waals surface area contributed by atoms with Crippen LogP contribution in [0.25, 0.3) is 23.1 Å². The first-order valence-electron chi connectivity index (χ1n) is 16.7. The number of aliphatic carboxylic acids is 1. The highest BCUT2D eigenvalue weighted by atomic mass is 35.5. The predicted octanol–water partition coefficient (Wildman–Crippen LogP) is 10.5. The van der Waals surface area contributed by atoms with Crippen molar-refractivity contribution >= 4 is 52.4 Å². The number of aromatic nitrogens is 1. The normalized spacial score (nSPS) is 18.4. The van der Waals surface area contributed by atoms with Crippen molar-refractivity contribution in [3.05, 3.63) is 112 Å². The van der Waals surface area contributed by atoms with E-state index in [1.165, 1.54) is 16.7 Å². The quantitative estimate of drug-likeness (QED) is 0.144. The molecule has 47 heavy (non-hydrogen) atoms. The highest BCUT2D eigenvalue weighted by molar-refractivity contribution is 7.99. The van der Waals surface area contributed by atoms with Gasteiger partial charge in [-0.05, 0) is 111 Å². The number of ether oxygens (including phenoxy) is 2. The van der Waals surface area contributed by atoms with Crippen LogP contribution in [0.3, 0.4) is 0 Å². The van der Waals surface area contributed by atoms with Gasteiger partial charge >= 0.3 is 5.97 Å². The van der Waals surface area contributed by atoms with Crippen molar-refractivity contribution < 1.29 is 19.4 Å². The zero-order valence-corrected chi connectivity index (χ0v) is 28.9. The molecule has 2 fully saturated rings. The molecule has 1 saturated carbocycles. The smallest absolute Gasteiger partial charge is 0.303 e. The fraction of sp³-hybridized carbons (Fsp3) is 0.400. The van der Waals surface area contributed by atoms with Crippen LogP contribution < -0.4 is 0 Å². The third-order valence-electron chi connectivity index (χ3n) is 9.38. The van der Waals surface area contributed by atoms with Crippen molar-refractivity contribution in [2.24, 2.45) is 5.41 Å². The second kappa shape index (κ2) is 14.9. The molecule has 1 N–H and O–H groups in total.